The Kier molecular flexibility index (Phi) is 7.00. The summed E-state index contributed by atoms with van der Waals surface area (Å²) in [7, 11) is 0. The van der Waals surface area contributed by atoms with Crippen LogP contribution in [0.15, 0.2) is 42.5 Å². The monoisotopic (exact) mass is 405 g/mol. The molecule has 1 amide bonds. The zero-order valence-electron chi connectivity index (χ0n) is 15.5. The highest BCUT2D eigenvalue weighted by atomic mass is 35.5. The minimum atomic E-state index is 0.0800. The molecule has 1 N–H and O–H groups in total. The Morgan fingerprint density at radius 1 is 1.00 bits per heavy atom. The summed E-state index contributed by atoms with van der Waals surface area (Å²) in [5.41, 5.74) is 3.59. The van der Waals surface area contributed by atoms with Gasteiger partial charge in [0.05, 0.1) is 6.54 Å². The molecular formula is C21H25Cl2N3O. The SMILES string of the molecule is Cc1ccc(Cl)cc1N1CCN(CC(=O)NCCc2ccc(Cl)cc2)CC1. The second-order valence-electron chi connectivity index (χ2n) is 6.92. The fourth-order valence-corrected chi connectivity index (χ4v) is 3.62. The second-order valence-corrected chi connectivity index (χ2v) is 7.79. The van der Waals surface area contributed by atoms with Crippen LogP contribution < -0.4 is 10.2 Å². The van der Waals surface area contributed by atoms with Crippen LogP contribution in [0, 0.1) is 6.92 Å². The van der Waals surface area contributed by atoms with Crippen LogP contribution >= 0.6 is 23.2 Å². The van der Waals surface area contributed by atoms with Crippen LogP contribution in [0.25, 0.3) is 0 Å². The summed E-state index contributed by atoms with van der Waals surface area (Å²) in [6.07, 6.45) is 0.810. The summed E-state index contributed by atoms with van der Waals surface area (Å²) in [5.74, 6) is 0.0800. The summed E-state index contributed by atoms with van der Waals surface area (Å²) < 4.78 is 0. The number of halogens is 2. The zero-order chi connectivity index (χ0) is 19.2. The zero-order valence-corrected chi connectivity index (χ0v) is 17.1. The Morgan fingerprint density at radius 3 is 2.37 bits per heavy atom. The first kappa shape index (κ1) is 20.0. The Morgan fingerprint density at radius 2 is 1.67 bits per heavy atom. The van der Waals surface area contributed by atoms with Gasteiger partial charge in [-0.25, -0.2) is 0 Å². The fourth-order valence-electron chi connectivity index (χ4n) is 3.33. The summed E-state index contributed by atoms with van der Waals surface area (Å²) in [4.78, 5) is 16.7. The molecular weight excluding hydrogens is 381 g/mol. The Bertz CT molecular complexity index is 771. The van der Waals surface area contributed by atoms with E-state index in [9.17, 15) is 4.79 Å². The lowest BCUT2D eigenvalue weighted by molar-refractivity contribution is -0.122. The van der Waals surface area contributed by atoms with Gasteiger partial charge in [0.1, 0.15) is 0 Å². The van der Waals surface area contributed by atoms with Crippen LogP contribution in [0.1, 0.15) is 11.1 Å². The fraction of sp³-hybridized carbons (Fsp3) is 0.381. The molecule has 1 saturated heterocycles. The van der Waals surface area contributed by atoms with Gasteiger partial charge in [0.15, 0.2) is 0 Å². The maximum Gasteiger partial charge on any atom is 0.234 e. The molecule has 3 rings (SSSR count). The van der Waals surface area contributed by atoms with Gasteiger partial charge in [-0.15, -0.1) is 0 Å². The standard InChI is InChI=1S/C21H25Cl2N3O/c1-16-2-5-19(23)14-20(16)26-12-10-25(11-13-26)15-21(27)24-9-8-17-3-6-18(22)7-4-17/h2-7,14H,8-13,15H2,1H3,(H,24,27). The molecule has 0 aromatic heterocycles. The van der Waals surface area contributed by atoms with Crippen molar-refractivity contribution in [3.63, 3.8) is 0 Å². The summed E-state index contributed by atoms with van der Waals surface area (Å²) >= 11 is 12.0. The first-order chi connectivity index (χ1) is 13.0. The first-order valence-corrected chi connectivity index (χ1v) is 10.0. The number of nitrogens with one attached hydrogen (secondary N) is 1. The number of nitrogens with zero attached hydrogens (tertiary/aromatic N) is 2. The largest absolute Gasteiger partial charge is 0.369 e. The number of piperazine rings is 1. The van der Waals surface area contributed by atoms with Crippen molar-refractivity contribution < 1.29 is 4.79 Å². The van der Waals surface area contributed by atoms with Crippen molar-refractivity contribution in [1.82, 2.24) is 10.2 Å². The van der Waals surface area contributed by atoms with Crippen molar-refractivity contribution in [3.05, 3.63) is 63.6 Å². The molecule has 27 heavy (non-hydrogen) atoms. The van der Waals surface area contributed by atoms with Crippen molar-refractivity contribution in [2.45, 2.75) is 13.3 Å². The molecule has 144 valence electrons. The first-order valence-electron chi connectivity index (χ1n) is 9.26. The number of amides is 1. The predicted molar refractivity (Wildman–Crippen MR) is 113 cm³/mol. The van der Waals surface area contributed by atoms with Crippen LogP contribution in [-0.4, -0.2) is 50.1 Å². The molecule has 1 aliphatic rings. The van der Waals surface area contributed by atoms with Gasteiger partial charge in [-0.3, -0.25) is 9.69 Å². The Balaban J connectivity index is 1.40. The molecule has 0 saturated carbocycles. The molecule has 1 heterocycles. The molecule has 4 nitrogen and oxygen atoms in total. The van der Waals surface area contributed by atoms with Crippen molar-refractivity contribution in [1.29, 1.82) is 0 Å². The molecule has 0 radical (unpaired) electrons. The number of benzene rings is 2. The van der Waals surface area contributed by atoms with E-state index < -0.39 is 0 Å². The number of anilines is 1. The maximum atomic E-state index is 12.2. The second kappa shape index (κ2) is 9.45. The van der Waals surface area contributed by atoms with Crippen molar-refractivity contribution in [2.24, 2.45) is 0 Å². The van der Waals surface area contributed by atoms with E-state index in [0.29, 0.717) is 13.1 Å². The number of carbonyl (C=O) groups excluding carboxylic acids is 1. The topological polar surface area (TPSA) is 35.6 Å². The smallest absolute Gasteiger partial charge is 0.234 e. The molecule has 1 fully saturated rings. The molecule has 0 spiro atoms. The van der Waals surface area contributed by atoms with Gasteiger partial charge in [-0.05, 0) is 48.7 Å². The summed E-state index contributed by atoms with van der Waals surface area (Å²) in [5, 5.41) is 4.50. The maximum absolute atomic E-state index is 12.2. The highest BCUT2D eigenvalue weighted by molar-refractivity contribution is 6.31. The lowest BCUT2D eigenvalue weighted by Gasteiger charge is -2.36. The number of hydrogen-bond acceptors (Lipinski definition) is 3. The number of rotatable bonds is 6. The number of hydrogen-bond donors (Lipinski definition) is 1. The average molecular weight is 406 g/mol. The van der Waals surface area contributed by atoms with E-state index in [-0.39, 0.29) is 5.91 Å². The molecule has 0 bridgehead atoms. The quantitative estimate of drug-likeness (QED) is 0.793. The van der Waals surface area contributed by atoms with Gasteiger partial charge < -0.3 is 10.2 Å². The van der Waals surface area contributed by atoms with E-state index in [1.54, 1.807) is 0 Å². The van der Waals surface area contributed by atoms with Crippen molar-refractivity contribution in [3.8, 4) is 0 Å². The van der Waals surface area contributed by atoms with Gasteiger partial charge >= 0.3 is 0 Å². The van der Waals surface area contributed by atoms with E-state index in [2.05, 4.69) is 28.1 Å². The lowest BCUT2D eigenvalue weighted by atomic mass is 10.1. The summed E-state index contributed by atoms with van der Waals surface area (Å²) in [6.45, 7) is 6.74. The highest BCUT2D eigenvalue weighted by Gasteiger charge is 2.20. The van der Waals surface area contributed by atoms with Gasteiger partial charge in [0.25, 0.3) is 0 Å². The van der Waals surface area contributed by atoms with Crippen molar-refractivity contribution >= 4 is 34.8 Å². The van der Waals surface area contributed by atoms with Crippen molar-refractivity contribution in [2.75, 3.05) is 44.2 Å². The third-order valence-electron chi connectivity index (χ3n) is 4.90. The third-order valence-corrected chi connectivity index (χ3v) is 5.39. The van der Waals surface area contributed by atoms with Gasteiger partial charge in [-0.1, -0.05) is 41.4 Å². The summed E-state index contributed by atoms with van der Waals surface area (Å²) in [6, 6.07) is 13.7. The van der Waals surface area contributed by atoms with Crippen LogP contribution in [0.4, 0.5) is 5.69 Å². The normalized spacial score (nSPS) is 15.0. The van der Waals surface area contributed by atoms with E-state index >= 15 is 0 Å². The van der Waals surface area contributed by atoms with Gasteiger partial charge in [-0.2, -0.15) is 0 Å². The molecule has 2 aromatic rings. The van der Waals surface area contributed by atoms with Crippen LogP contribution in [0.3, 0.4) is 0 Å². The molecule has 0 atom stereocenters. The molecule has 6 heteroatoms. The Hall–Kier alpha value is -1.75. The molecule has 0 unspecified atom stereocenters. The average Bonchev–Trinajstić information content (AvgIpc) is 2.66. The van der Waals surface area contributed by atoms with Crippen LogP contribution in [0.2, 0.25) is 10.0 Å². The lowest BCUT2D eigenvalue weighted by Crippen LogP contribution is -2.49. The Labute approximate surface area is 171 Å². The minimum Gasteiger partial charge on any atom is -0.369 e. The highest BCUT2D eigenvalue weighted by Crippen LogP contribution is 2.25. The van der Waals surface area contributed by atoms with E-state index in [0.717, 1.165) is 42.6 Å². The van der Waals surface area contributed by atoms with Gasteiger partial charge in [0.2, 0.25) is 5.91 Å². The minimum absolute atomic E-state index is 0.0800. The van der Waals surface area contributed by atoms with E-state index in [1.165, 1.54) is 16.8 Å². The molecule has 0 aliphatic carbocycles. The number of carbonyl (C=O) groups is 1. The third kappa shape index (κ3) is 5.86. The molecule has 2 aromatic carbocycles. The number of aryl methyl sites for hydroxylation is 1. The van der Waals surface area contributed by atoms with Crippen LogP contribution in [-0.2, 0) is 11.2 Å². The van der Waals surface area contributed by atoms with E-state index in [4.69, 9.17) is 23.2 Å². The van der Waals surface area contributed by atoms with Crippen LogP contribution in [0.5, 0.6) is 0 Å². The predicted octanol–water partition coefficient (Wildman–Crippen LogP) is 3.78. The van der Waals surface area contributed by atoms with E-state index in [1.807, 2.05) is 36.4 Å². The van der Waals surface area contributed by atoms with Gasteiger partial charge in [0, 0.05) is 48.5 Å². The molecule has 1 aliphatic heterocycles.